The van der Waals surface area contributed by atoms with Gasteiger partial charge in [-0.2, -0.15) is 0 Å². The van der Waals surface area contributed by atoms with Crippen molar-refractivity contribution in [2.24, 2.45) is 5.73 Å². The molecule has 0 aliphatic carbocycles. The molecule has 0 spiro atoms. The maximum atomic E-state index is 6.66. The highest BCUT2D eigenvalue weighted by Crippen LogP contribution is 2.41. The molecule has 0 saturated carbocycles. The first kappa shape index (κ1) is 23.7. The largest absolute Gasteiger partial charge is 0.454 e. The minimum absolute atomic E-state index is 0.0728. The van der Waals surface area contributed by atoms with Crippen molar-refractivity contribution in [3.05, 3.63) is 151 Å². The van der Waals surface area contributed by atoms with Crippen LogP contribution < -0.4 is 5.73 Å². The molecule has 8 aromatic rings. The topological polar surface area (TPSA) is 44.1 Å². The van der Waals surface area contributed by atoms with E-state index in [1.165, 1.54) is 27.5 Å². The number of nitrogens with zero attached hydrogens (tertiary/aromatic N) is 1. The van der Waals surface area contributed by atoms with Crippen LogP contribution in [-0.2, 0) is 6.42 Å². The first-order chi connectivity index (χ1) is 20.2. The van der Waals surface area contributed by atoms with Crippen molar-refractivity contribution in [1.82, 2.24) is 4.57 Å². The highest BCUT2D eigenvalue weighted by Gasteiger charge is 2.20. The number of benzene rings is 6. The minimum Gasteiger partial charge on any atom is -0.454 e. The van der Waals surface area contributed by atoms with Gasteiger partial charge in [0, 0.05) is 33.3 Å². The predicted molar refractivity (Wildman–Crippen MR) is 171 cm³/mol. The molecule has 1 atom stereocenters. The summed E-state index contributed by atoms with van der Waals surface area (Å²) in [4.78, 5) is 0. The Hall–Kier alpha value is -5.12. The third kappa shape index (κ3) is 3.94. The zero-order chi connectivity index (χ0) is 27.3. The van der Waals surface area contributed by atoms with Crippen LogP contribution in [0, 0.1) is 0 Å². The normalized spacial score (nSPS) is 12.5. The Labute approximate surface area is 238 Å². The van der Waals surface area contributed by atoms with Gasteiger partial charge >= 0.3 is 0 Å². The van der Waals surface area contributed by atoms with Crippen LogP contribution >= 0.6 is 0 Å². The van der Waals surface area contributed by atoms with Crippen molar-refractivity contribution < 1.29 is 4.42 Å². The summed E-state index contributed by atoms with van der Waals surface area (Å²) in [5, 5.41) is 4.64. The van der Waals surface area contributed by atoms with Crippen LogP contribution in [0.1, 0.15) is 17.2 Å². The van der Waals surface area contributed by atoms with Crippen molar-refractivity contribution in [3.63, 3.8) is 0 Å². The summed E-state index contributed by atoms with van der Waals surface area (Å²) in [5.74, 6) is 0. The fraction of sp³-hybridized carbons (Fsp3) is 0.0526. The van der Waals surface area contributed by atoms with Gasteiger partial charge in [0.1, 0.15) is 5.58 Å². The Balaban J connectivity index is 1.35. The van der Waals surface area contributed by atoms with Crippen LogP contribution in [0.2, 0.25) is 0 Å². The zero-order valence-electron chi connectivity index (χ0n) is 22.5. The molecule has 2 heterocycles. The van der Waals surface area contributed by atoms with Crippen LogP contribution in [0.4, 0.5) is 0 Å². The molecule has 3 heteroatoms. The average Bonchev–Trinajstić information content (AvgIpc) is 3.57. The van der Waals surface area contributed by atoms with E-state index >= 15 is 0 Å². The Morgan fingerprint density at radius 1 is 0.585 bits per heavy atom. The summed E-state index contributed by atoms with van der Waals surface area (Å²) in [6.07, 6.45) is 0.801. The summed E-state index contributed by atoms with van der Waals surface area (Å²) in [6, 6.07) is 49.1. The van der Waals surface area contributed by atoms with E-state index < -0.39 is 0 Å². The van der Waals surface area contributed by atoms with E-state index in [1.807, 2.05) is 18.2 Å². The lowest BCUT2D eigenvalue weighted by atomic mass is 9.99. The second kappa shape index (κ2) is 9.51. The summed E-state index contributed by atoms with van der Waals surface area (Å²) in [5.41, 5.74) is 16.5. The van der Waals surface area contributed by atoms with Crippen molar-refractivity contribution in [1.29, 1.82) is 0 Å². The van der Waals surface area contributed by atoms with Gasteiger partial charge in [-0.3, -0.25) is 0 Å². The Morgan fingerprint density at radius 3 is 2.07 bits per heavy atom. The maximum absolute atomic E-state index is 6.66. The molecule has 0 bridgehead atoms. The molecule has 2 aromatic heterocycles. The molecule has 41 heavy (non-hydrogen) atoms. The van der Waals surface area contributed by atoms with Crippen LogP contribution in [0.5, 0.6) is 0 Å². The molecular weight excluding hydrogens is 500 g/mol. The molecule has 196 valence electrons. The maximum Gasteiger partial charge on any atom is 0.160 e. The standard InChI is InChI=1S/C38H28N2O/c39-34(23-25-9-3-1-4-10-25)27-15-18-29(19-16-27)40-35-24-28(26-11-5-2-6-12-26)17-20-30(35)32-21-22-33-31-13-7-8-14-36(31)41-38(33)37(32)40/h1-22,24,34H,23,39H2/t34-/m1/s1. The second-order valence-corrected chi connectivity index (χ2v) is 10.8. The third-order valence-corrected chi connectivity index (χ3v) is 8.26. The highest BCUT2D eigenvalue weighted by molar-refractivity contribution is 6.21. The van der Waals surface area contributed by atoms with E-state index in [-0.39, 0.29) is 6.04 Å². The Kier molecular flexibility index (Phi) is 5.51. The highest BCUT2D eigenvalue weighted by atomic mass is 16.3. The number of para-hydroxylation sites is 1. The zero-order valence-corrected chi connectivity index (χ0v) is 22.5. The van der Waals surface area contributed by atoms with Crippen molar-refractivity contribution in [3.8, 4) is 16.8 Å². The van der Waals surface area contributed by atoms with Crippen molar-refractivity contribution >= 4 is 43.7 Å². The van der Waals surface area contributed by atoms with E-state index in [2.05, 4.69) is 126 Å². The summed E-state index contributed by atoms with van der Waals surface area (Å²) in [6.45, 7) is 0. The fourth-order valence-corrected chi connectivity index (χ4v) is 6.21. The van der Waals surface area contributed by atoms with E-state index in [0.29, 0.717) is 0 Å². The molecule has 0 aliphatic rings. The van der Waals surface area contributed by atoms with Crippen LogP contribution in [0.25, 0.3) is 60.6 Å². The molecule has 0 unspecified atom stereocenters. The van der Waals surface area contributed by atoms with Gasteiger partial charge in [-0.1, -0.05) is 109 Å². The van der Waals surface area contributed by atoms with Crippen molar-refractivity contribution in [2.45, 2.75) is 12.5 Å². The third-order valence-electron chi connectivity index (χ3n) is 8.26. The van der Waals surface area contributed by atoms with Crippen LogP contribution in [0.3, 0.4) is 0 Å². The fourth-order valence-electron chi connectivity index (χ4n) is 6.21. The van der Waals surface area contributed by atoms with Gasteiger partial charge in [-0.15, -0.1) is 0 Å². The minimum atomic E-state index is -0.0728. The molecule has 0 amide bonds. The molecule has 6 aromatic carbocycles. The molecule has 3 nitrogen and oxygen atoms in total. The second-order valence-electron chi connectivity index (χ2n) is 10.8. The first-order valence-electron chi connectivity index (χ1n) is 14.1. The van der Waals surface area contributed by atoms with Gasteiger partial charge < -0.3 is 14.7 Å². The van der Waals surface area contributed by atoms with Gasteiger partial charge in [-0.25, -0.2) is 0 Å². The number of aromatic nitrogens is 1. The number of nitrogens with two attached hydrogens (primary N) is 1. The number of hydrogen-bond acceptors (Lipinski definition) is 2. The number of fused-ring (bicyclic) bond motifs is 7. The monoisotopic (exact) mass is 528 g/mol. The number of furan rings is 1. The lowest BCUT2D eigenvalue weighted by Gasteiger charge is -2.14. The lowest BCUT2D eigenvalue weighted by Crippen LogP contribution is -2.13. The van der Waals surface area contributed by atoms with Gasteiger partial charge in [0.2, 0.25) is 0 Å². The van der Waals surface area contributed by atoms with E-state index in [1.54, 1.807) is 0 Å². The average molecular weight is 529 g/mol. The molecule has 0 aliphatic heterocycles. The van der Waals surface area contributed by atoms with Gasteiger partial charge in [-0.05, 0) is 59.0 Å². The molecule has 0 fully saturated rings. The summed E-state index contributed by atoms with van der Waals surface area (Å²) in [7, 11) is 0. The number of hydrogen-bond donors (Lipinski definition) is 1. The first-order valence-corrected chi connectivity index (χ1v) is 14.1. The molecule has 2 N–H and O–H groups in total. The van der Waals surface area contributed by atoms with E-state index in [4.69, 9.17) is 10.2 Å². The Bertz CT molecular complexity index is 2170. The molecule has 0 saturated heterocycles. The SMILES string of the molecule is N[C@H](Cc1ccccc1)c1ccc(-n2c3cc(-c4ccccc4)ccc3c3ccc4c5ccccc5oc4c32)cc1. The molecular formula is C38H28N2O. The van der Waals surface area contributed by atoms with E-state index in [9.17, 15) is 0 Å². The molecule has 8 rings (SSSR count). The smallest absolute Gasteiger partial charge is 0.160 e. The van der Waals surface area contributed by atoms with Crippen LogP contribution in [-0.4, -0.2) is 4.57 Å². The summed E-state index contributed by atoms with van der Waals surface area (Å²) >= 11 is 0. The number of rotatable bonds is 5. The predicted octanol–water partition coefficient (Wildman–Crippen LogP) is 9.59. The van der Waals surface area contributed by atoms with Gasteiger partial charge in [0.15, 0.2) is 5.58 Å². The van der Waals surface area contributed by atoms with Crippen LogP contribution in [0.15, 0.2) is 144 Å². The van der Waals surface area contributed by atoms with Gasteiger partial charge in [0.25, 0.3) is 0 Å². The van der Waals surface area contributed by atoms with E-state index in [0.717, 1.165) is 50.6 Å². The van der Waals surface area contributed by atoms with Crippen molar-refractivity contribution in [2.75, 3.05) is 0 Å². The Morgan fingerprint density at radius 2 is 1.27 bits per heavy atom. The van der Waals surface area contributed by atoms with Gasteiger partial charge in [0.05, 0.1) is 11.0 Å². The lowest BCUT2D eigenvalue weighted by molar-refractivity contribution is 0.671. The molecule has 0 radical (unpaired) electrons. The summed E-state index contributed by atoms with van der Waals surface area (Å²) < 4.78 is 8.92. The quantitative estimate of drug-likeness (QED) is 0.242.